The first kappa shape index (κ1) is 9.16. The van der Waals surface area contributed by atoms with E-state index in [1.807, 2.05) is 6.07 Å². The maximum atomic E-state index is 13.2. The predicted molar refractivity (Wildman–Crippen MR) is 54.2 cm³/mol. The predicted octanol–water partition coefficient (Wildman–Crippen LogP) is 2.79. The van der Waals surface area contributed by atoms with Gasteiger partial charge in [-0.3, -0.25) is 0 Å². The maximum Gasteiger partial charge on any atom is 0.137 e. The van der Waals surface area contributed by atoms with Gasteiger partial charge in [-0.15, -0.1) is 0 Å². The van der Waals surface area contributed by atoms with E-state index >= 15 is 0 Å². The van der Waals surface area contributed by atoms with Crippen LogP contribution < -0.4 is 5.32 Å². The molecule has 13 heavy (non-hydrogen) atoms. The monoisotopic (exact) mass is 243 g/mol. The smallest absolute Gasteiger partial charge is 0.137 e. The third-order valence-electron chi connectivity index (χ3n) is 2.49. The van der Waals surface area contributed by atoms with Crippen molar-refractivity contribution in [2.75, 3.05) is 6.54 Å². The first-order valence-corrected chi connectivity index (χ1v) is 5.19. The Morgan fingerprint density at radius 3 is 3.08 bits per heavy atom. The highest BCUT2D eigenvalue weighted by atomic mass is 79.9. The standard InChI is InChI=1S/C10H11BrFN/c1-6-8-5-10(12)9(11)4-7(8)2-3-13-6/h4-6,13H,2-3H2,1H3/t6-/m0/s1. The van der Waals surface area contributed by atoms with Gasteiger partial charge in [0, 0.05) is 6.04 Å². The molecule has 0 spiro atoms. The lowest BCUT2D eigenvalue weighted by Gasteiger charge is -2.24. The summed E-state index contributed by atoms with van der Waals surface area (Å²) in [5, 5.41) is 3.30. The van der Waals surface area contributed by atoms with Crippen LogP contribution in [0, 0.1) is 5.82 Å². The van der Waals surface area contributed by atoms with Gasteiger partial charge in [0.2, 0.25) is 0 Å². The zero-order chi connectivity index (χ0) is 9.42. The second kappa shape index (κ2) is 3.39. The Balaban J connectivity index is 2.52. The normalized spacial score (nSPS) is 21.3. The molecule has 1 heterocycles. The third kappa shape index (κ3) is 1.63. The molecule has 0 amide bonds. The summed E-state index contributed by atoms with van der Waals surface area (Å²) in [6, 6.07) is 3.78. The number of hydrogen-bond donors (Lipinski definition) is 1. The topological polar surface area (TPSA) is 12.0 Å². The van der Waals surface area contributed by atoms with Gasteiger partial charge in [-0.05, 0) is 59.1 Å². The Kier molecular flexibility index (Phi) is 2.39. The van der Waals surface area contributed by atoms with Crippen LogP contribution in [0.1, 0.15) is 24.1 Å². The summed E-state index contributed by atoms with van der Waals surface area (Å²) < 4.78 is 13.8. The van der Waals surface area contributed by atoms with Crippen LogP contribution >= 0.6 is 15.9 Å². The van der Waals surface area contributed by atoms with E-state index in [1.165, 1.54) is 5.56 Å². The van der Waals surface area contributed by atoms with E-state index < -0.39 is 0 Å². The maximum absolute atomic E-state index is 13.2. The van der Waals surface area contributed by atoms with E-state index in [4.69, 9.17) is 0 Å². The van der Waals surface area contributed by atoms with Crippen molar-refractivity contribution in [3.05, 3.63) is 33.5 Å². The lowest BCUT2D eigenvalue weighted by molar-refractivity contribution is 0.531. The number of halogens is 2. The first-order valence-electron chi connectivity index (χ1n) is 4.39. The van der Waals surface area contributed by atoms with E-state index in [0.717, 1.165) is 18.5 Å². The van der Waals surface area contributed by atoms with Crippen molar-refractivity contribution in [3.8, 4) is 0 Å². The molecule has 1 aliphatic heterocycles. The molecule has 0 aliphatic carbocycles. The van der Waals surface area contributed by atoms with Crippen LogP contribution in [-0.4, -0.2) is 6.54 Å². The van der Waals surface area contributed by atoms with Gasteiger partial charge >= 0.3 is 0 Å². The fourth-order valence-corrected chi connectivity index (χ4v) is 2.15. The van der Waals surface area contributed by atoms with Gasteiger partial charge in [-0.25, -0.2) is 4.39 Å². The molecule has 0 unspecified atom stereocenters. The van der Waals surface area contributed by atoms with Crippen molar-refractivity contribution in [1.82, 2.24) is 5.32 Å². The lowest BCUT2D eigenvalue weighted by Crippen LogP contribution is -2.27. The molecular formula is C10H11BrFN. The molecule has 1 atom stereocenters. The minimum Gasteiger partial charge on any atom is -0.310 e. The average molecular weight is 244 g/mol. The van der Waals surface area contributed by atoms with E-state index in [2.05, 4.69) is 28.2 Å². The molecule has 0 fully saturated rings. The molecule has 0 saturated carbocycles. The molecule has 1 aromatic rings. The van der Waals surface area contributed by atoms with Crippen molar-refractivity contribution in [1.29, 1.82) is 0 Å². The minimum atomic E-state index is -0.172. The van der Waals surface area contributed by atoms with Crippen LogP contribution in [0.2, 0.25) is 0 Å². The van der Waals surface area contributed by atoms with Crippen molar-refractivity contribution in [2.24, 2.45) is 0 Å². The molecule has 1 N–H and O–H groups in total. The average Bonchev–Trinajstić information content (AvgIpc) is 2.09. The quantitative estimate of drug-likeness (QED) is 0.739. The van der Waals surface area contributed by atoms with Gasteiger partial charge in [0.15, 0.2) is 0 Å². The van der Waals surface area contributed by atoms with E-state index in [1.54, 1.807) is 6.07 Å². The molecule has 0 saturated heterocycles. The zero-order valence-corrected chi connectivity index (χ0v) is 8.99. The highest BCUT2D eigenvalue weighted by Crippen LogP contribution is 2.27. The Hall–Kier alpha value is -0.410. The van der Waals surface area contributed by atoms with Crippen molar-refractivity contribution >= 4 is 15.9 Å². The first-order chi connectivity index (χ1) is 6.18. The van der Waals surface area contributed by atoms with Crippen molar-refractivity contribution < 1.29 is 4.39 Å². The molecule has 0 radical (unpaired) electrons. The Morgan fingerprint density at radius 2 is 2.31 bits per heavy atom. The number of benzene rings is 1. The fraction of sp³-hybridized carbons (Fsp3) is 0.400. The summed E-state index contributed by atoms with van der Waals surface area (Å²) in [5.41, 5.74) is 2.34. The molecule has 2 rings (SSSR count). The molecule has 1 aliphatic rings. The van der Waals surface area contributed by atoms with Gasteiger partial charge in [0.25, 0.3) is 0 Å². The number of nitrogens with one attached hydrogen (secondary N) is 1. The van der Waals surface area contributed by atoms with E-state index in [9.17, 15) is 4.39 Å². The lowest BCUT2D eigenvalue weighted by atomic mass is 9.95. The Morgan fingerprint density at radius 1 is 1.54 bits per heavy atom. The number of fused-ring (bicyclic) bond motifs is 1. The molecular weight excluding hydrogens is 233 g/mol. The molecule has 0 bridgehead atoms. The van der Waals surface area contributed by atoms with Gasteiger partial charge in [0.1, 0.15) is 5.82 Å². The van der Waals surface area contributed by atoms with Crippen molar-refractivity contribution in [3.63, 3.8) is 0 Å². The summed E-state index contributed by atoms with van der Waals surface area (Å²) in [5.74, 6) is -0.172. The van der Waals surface area contributed by atoms with Gasteiger partial charge in [-0.2, -0.15) is 0 Å². The highest BCUT2D eigenvalue weighted by molar-refractivity contribution is 9.10. The second-order valence-electron chi connectivity index (χ2n) is 3.39. The second-order valence-corrected chi connectivity index (χ2v) is 4.25. The fourth-order valence-electron chi connectivity index (χ4n) is 1.76. The molecule has 1 aromatic carbocycles. The van der Waals surface area contributed by atoms with Crippen LogP contribution in [0.25, 0.3) is 0 Å². The number of rotatable bonds is 0. The molecule has 70 valence electrons. The largest absolute Gasteiger partial charge is 0.310 e. The summed E-state index contributed by atoms with van der Waals surface area (Å²) >= 11 is 3.20. The Bertz CT molecular complexity index is 338. The minimum absolute atomic E-state index is 0.172. The summed E-state index contributed by atoms with van der Waals surface area (Å²) in [6.07, 6.45) is 0.985. The SMILES string of the molecule is C[C@@H]1NCCc2cc(Br)c(F)cc21. The molecule has 1 nitrogen and oxygen atoms in total. The van der Waals surface area contributed by atoms with Crippen molar-refractivity contribution in [2.45, 2.75) is 19.4 Å². The van der Waals surface area contributed by atoms with Gasteiger partial charge in [-0.1, -0.05) is 0 Å². The van der Waals surface area contributed by atoms with Crippen LogP contribution in [0.15, 0.2) is 16.6 Å². The van der Waals surface area contributed by atoms with E-state index in [0.29, 0.717) is 4.47 Å². The molecule has 0 aromatic heterocycles. The summed E-state index contributed by atoms with van der Waals surface area (Å²) in [6.45, 7) is 3.04. The van der Waals surface area contributed by atoms with Gasteiger partial charge in [0.05, 0.1) is 4.47 Å². The molecule has 3 heteroatoms. The van der Waals surface area contributed by atoms with Crippen LogP contribution in [-0.2, 0) is 6.42 Å². The Labute approximate surface area is 85.5 Å². The van der Waals surface area contributed by atoms with Gasteiger partial charge < -0.3 is 5.32 Å². The van der Waals surface area contributed by atoms with E-state index in [-0.39, 0.29) is 11.9 Å². The highest BCUT2D eigenvalue weighted by Gasteiger charge is 2.17. The third-order valence-corrected chi connectivity index (χ3v) is 3.10. The zero-order valence-electron chi connectivity index (χ0n) is 7.40. The van der Waals surface area contributed by atoms with Crippen LogP contribution in [0.4, 0.5) is 4.39 Å². The van der Waals surface area contributed by atoms with Crippen LogP contribution in [0.3, 0.4) is 0 Å². The number of hydrogen-bond acceptors (Lipinski definition) is 1. The summed E-state index contributed by atoms with van der Waals surface area (Å²) in [4.78, 5) is 0. The summed E-state index contributed by atoms with van der Waals surface area (Å²) in [7, 11) is 0. The van der Waals surface area contributed by atoms with Crippen LogP contribution in [0.5, 0.6) is 0 Å².